The van der Waals surface area contributed by atoms with Crippen molar-refractivity contribution >= 4 is 40.4 Å². The van der Waals surface area contributed by atoms with Crippen LogP contribution in [-0.4, -0.2) is 4.98 Å². The van der Waals surface area contributed by atoms with Crippen molar-refractivity contribution in [3.05, 3.63) is 44.4 Å². The lowest BCUT2D eigenvalue weighted by molar-refractivity contribution is 0.584. The highest BCUT2D eigenvalue weighted by atomic mass is 35.5. The zero-order chi connectivity index (χ0) is 12.4. The molecule has 0 saturated carbocycles. The van der Waals surface area contributed by atoms with Gasteiger partial charge >= 0.3 is 0 Å². The van der Waals surface area contributed by atoms with Crippen molar-refractivity contribution in [2.24, 2.45) is 0 Å². The molecular weight excluding hydrogens is 282 g/mol. The molecule has 6 heteroatoms. The second-order valence-corrected chi connectivity index (χ2v) is 5.78. The molecule has 2 heterocycles. The summed E-state index contributed by atoms with van der Waals surface area (Å²) in [6, 6.07) is 6.30. The first-order valence-corrected chi connectivity index (χ1v) is 6.47. The fourth-order valence-corrected chi connectivity index (χ4v) is 3.08. The second-order valence-electron chi connectivity index (χ2n) is 3.49. The molecule has 0 spiro atoms. The van der Waals surface area contributed by atoms with Crippen LogP contribution in [0.25, 0.3) is 0 Å². The maximum atomic E-state index is 12.9. The molecule has 1 unspecified atom stereocenters. The van der Waals surface area contributed by atoms with E-state index in [0.29, 0.717) is 14.5 Å². The van der Waals surface area contributed by atoms with Gasteiger partial charge in [0, 0.05) is 5.56 Å². The summed E-state index contributed by atoms with van der Waals surface area (Å²) in [6.07, 6.45) is 0. The quantitative estimate of drug-likeness (QED) is 0.824. The number of halogens is 3. The standard InChI is InChI=1S/C11H9Cl2FN2S/c1-6(7-5-8(12)17-11(7)13)15-10-4-2-3-9(14)16-10/h2-6H,1H3,(H,15,16). The Bertz CT molecular complexity index is 530. The summed E-state index contributed by atoms with van der Waals surface area (Å²) in [6.45, 7) is 1.91. The smallest absolute Gasteiger partial charge is 0.214 e. The molecule has 2 nitrogen and oxygen atoms in total. The van der Waals surface area contributed by atoms with Gasteiger partial charge in [0.05, 0.1) is 14.7 Å². The van der Waals surface area contributed by atoms with Gasteiger partial charge in [-0.2, -0.15) is 4.39 Å². The summed E-state index contributed by atoms with van der Waals surface area (Å²) in [5.41, 5.74) is 0.882. The molecule has 1 N–H and O–H groups in total. The van der Waals surface area contributed by atoms with E-state index in [4.69, 9.17) is 23.2 Å². The van der Waals surface area contributed by atoms with E-state index in [1.807, 2.05) is 6.92 Å². The van der Waals surface area contributed by atoms with E-state index in [1.165, 1.54) is 17.4 Å². The van der Waals surface area contributed by atoms with E-state index < -0.39 is 5.95 Å². The second kappa shape index (κ2) is 5.21. The molecule has 0 saturated heterocycles. The van der Waals surface area contributed by atoms with Crippen molar-refractivity contribution in [2.45, 2.75) is 13.0 Å². The molecule has 0 aliphatic heterocycles. The van der Waals surface area contributed by atoms with Crippen LogP contribution in [0.4, 0.5) is 10.2 Å². The monoisotopic (exact) mass is 290 g/mol. The van der Waals surface area contributed by atoms with Crippen LogP contribution in [0, 0.1) is 5.95 Å². The maximum Gasteiger partial charge on any atom is 0.214 e. The van der Waals surface area contributed by atoms with Crippen LogP contribution in [0.5, 0.6) is 0 Å². The first-order chi connectivity index (χ1) is 8.06. The Morgan fingerprint density at radius 3 is 2.76 bits per heavy atom. The molecule has 0 aromatic carbocycles. The van der Waals surface area contributed by atoms with Gasteiger partial charge in [0.1, 0.15) is 5.82 Å². The molecule has 2 rings (SSSR count). The van der Waals surface area contributed by atoms with Crippen molar-refractivity contribution in [3.8, 4) is 0 Å². The molecule has 17 heavy (non-hydrogen) atoms. The fourth-order valence-electron chi connectivity index (χ4n) is 1.44. The number of anilines is 1. The molecule has 0 amide bonds. The zero-order valence-electron chi connectivity index (χ0n) is 8.88. The lowest BCUT2D eigenvalue weighted by Gasteiger charge is -2.13. The first kappa shape index (κ1) is 12.6. The molecular formula is C11H9Cl2FN2S. The predicted octanol–water partition coefficient (Wildman–Crippen LogP) is 4.76. The third-order valence-corrected chi connectivity index (χ3v) is 3.75. The summed E-state index contributed by atoms with van der Waals surface area (Å²) >= 11 is 13.2. The number of hydrogen-bond donors (Lipinski definition) is 1. The molecule has 0 bridgehead atoms. The van der Waals surface area contributed by atoms with E-state index in [0.717, 1.165) is 5.56 Å². The van der Waals surface area contributed by atoms with E-state index in [2.05, 4.69) is 10.3 Å². The maximum absolute atomic E-state index is 12.9. The molecule has 2 aromatic heterocycles. The number of rotatable bonds is 3. The lowest BCUT2D eigenvalue weighted by Crippen LogP contribution is -2.07. The van der Waals surface area contributed by atoms with Crippen LogP contribution < -0.4 is 5.32 Å². The van der Waals surface area contributed by atoms with Crippen molar-refractivity contribution in [1.29, 1.82) is 0 Å². The topological polar surface area (TPSA) is 24.9 Å². The number of hydrogen-bond acceptors (Lipinski definition) is 3. The Balaban J connectivity index is 2.16. The minimum absolute atomic E-state index is 0.0828. The molecule has 1 atom stereocenters. The van der Waals surface area contributed by atoms with Crippen LogP contribution >= 0.6 is 34.5 Å². The van der Waals surface area contributed by atoms with Gasteiger partial charge in [-0.1, -0.05) is 29.3 Å². The van der Waals surface area contributed by atoms with Crippen LogP contribution in [-0.2, 0) is 0 Å². The van der Waals surface area contributed by atoms with Crippen molar-refractivity contribution < 1.29 is 4.39 Å². The summed E-state index contributed by atoms with van der Waals surface area (Å²) in [5, 5.41) is 3.07. The number of pyridine rings is 1. The van der Waals surface area contributed by atoms with Gasteiger partial charge in [-0.3, -0.25) is 0 Å². The molecule has 0 aliphatic carbocycles. The molecule has 2 aromatic rings. The van der Waals surface area contributed by atoms with E-state index in [9.17, 15) is 4.39 Å². The number of aromatic nitrogens is 1. The highest BCUT2D eigenvalue weighted by Crippen LogP contribution is 2.35. The van der Waals surface area contributed by atoms with Gasteiger partial charge in [0.2, 0.25) is 5.95 Å². The fraction of sp³-hybridized carbons (Fsp3) is 0.182. The summed E-state index contributed by atoms with van der Waals surface area (Å²) in [4.78, 5) is 3.72. The highest BCUT2D eigenvalue weighted by molar-refractivity contribution is 7.20. The van der Waals surface area contributed by atoms with E-state index in [-0.39, 0.29) is 6.04 Å². The van der Waals surface area contributed by atoms with Crippen LogP contribution in [0.1, 0.15) is 18.5 Å². The number of nitrogens with zero attached hydrogens (tertiary/aromatic N) is 1. The van der Waals surface area contributed by atoms with E-state index >= 15 is 0 Å². The minimum Gasteiger partial charge on any atom is -0.363 e. The van der Waals surface area contributed by atoms with Crippen molar-refractivity contribution in [2.75, 3.05) is 5.32 Å². The van der Waals surface area contributed by atoms with Crippen LogP contribution in [0.15, 0.2) is 24.3 Å². The largest absolute Gasteiger partial charge is 0.363 e. The Labute approximate surface area is 112 Å². The molecule has 0 radical (unpaired) electrons. The van der Waals surface area contributed by atoms with Gasteiger partial charge in [0.25, 0.3) is 0 Å². The van der Waals surface area contributed by atoms with Gasteiger partial charge in [0.15, 0.2) is 0 Å². The van der Waals surface area contributed by atoms with E-state index in [1.54, 1.807) is 18.2 Å². The molecule has 0 fully saturated rings. The normalized spacial score (nSPS) is 12.5. The van der Waals surface area contributed by atoms with Gasteiger partial charge in [-0.05, 0) is 25.1 Å². The Hall–Kier alpha value is -0.840. The van der Waals surface area contributed by atoms with Gasteiger partial charge in [-0.25, -0.2) is 4.98 Å². The lowest BCUT2D eigenvalue weighted by atomic mass is 10.2. The van der Waals surface area contributed by atoms with Crippen LogP contribution in [0.3, 0.4) is 0 Å². The Morgan fingerprint density at radius 1 is 1.41 bits per heavy atom. The predicted molar refractivity (Wildman–Crippen MR) is 70.6 cm³/mol. The van der Waals surface area contributed by atoms with Crippen LogP contribution in [0.2, 0.25) is 8.67 Å². The summed E-state index contributed by atoms with van der Waals surface area (Å²) in [5.74, 6) is -0.0486. The molecule has 90 valence electrons. The summed E-state index contributed by atoms with van der Waals surface area (Å²) < 4.78 is 14.2. The summed E-state index contributed by atoms with van der Waals surface area (Å²) in [7, 11) is 0. The Morgan fingerprint density at radius 2 is 2.18 bits per heavy atom. The number of thiophene rings is 1. The number of nitrogens with one attached hydrogen (secondary N) is 1. The molecule has 0 aliphatic rings. The average molecular weight is 291 g/mol. The minimum atomic E-state index is -0.517. The third kappa shape index (κ3) is 3.09. The zero-order valence-corrected chi connectivity index (χ0v) is 11.2. The van der Waals surface area contributed by atoms with Gasteiger partial charge < -0.3 is 5.32 Å². The van der Waals surface area contributed by atoms with Gasteiger partial charge in [-0.15, -0.1) is 11.3 Å². The Kier molecular flexibility index (Phi) is 3.86. The van der Waals surface area contributed by atoms with Crippen molar-refractivity contribution in [3.63, 3.8) is 0 Å². The third-order valence-electron chi connectivity index (χ3n) is 2.23. The SMILES string of the molecule is CC(Nc1cccc(F)n1)c1cc(Cl)sc1Cl. The first-order valence-electron chi connectivity index (χ1n) is 4.90. The average Bonchev–Trinajstić information content (AvgIpc) is 2.58. The highest BCUT2D eigenvalue weighted by Gasteiger charge is 2.13. The van der Waals surface area contributed by atoms with Crippen molar-refractivity contribution in [1.82, 2.24) is 4.98 Å².